The van der Waals surface area contributed by atoms with E-state index in [1.54, 1.807) is 7.11 Å². The fourth-order valence-corrected chi connectivity index (χ4v) is 2.91. The number of piperidine rings is 1. The molecule has 2 rings (SSSR count). The minimum absolute atomic E-state index is 0.188. The molecule has 1 aromatic heterocycles. The van der Waals surface area contributed by atoms with E-state index < -0.39 is 0 Å². The average Bonchev–Trinajstić information content (AvgIpc) is 2.50. The molecule has 2 heterocycles. The molecule has 0 aromatic carbocycles. The zero-order valence-electron chi connectivity index (χ0n) is 13.0. The fraction of sp³-hybridized carbons (Fsp3) is 0.600. The molecule has 0 bridgehead atoms. The number of hydrogen-bond donors (Lipinski definition) is 2. The van der Waals surface area contributed by atoms with Gasteiger partial charge in [-0.25, -0.2) is 0 Å². The topological polar surface area (TPSA) is 84.0 Å². The first-order valence-corrected chi connectivity index (χ1v) is 7.25. The van der Waals surface area contributed by atoms with Gasteiger partial charge < -0.3 is 15.7 Å². The van der Waals surface area contributed by atoms with Gasteiger partial charge in [0.25, 0.3) is 0 Å². The molecule has 0 saturated carbocycles. The Morgan fingerprint density at radius 3 is 2.71 bits per heavy atom. The molecule has 0 spiro atoms. The smallest absolute Gasteiger partial charge is 0.142 e. The highest BCUT2D eigenvalue weighted by atomic mass is 16.5. The van der Waals surface area contributed by atoms with E-state index in [0.29, 0.717) is 5.84 Å². The van der Waals surface area contributed by atoms with Gasteiger partial charge >= 0.3 is 0 Å². The second-order valence-corrected chi connectivity index (χ2v) is 5.62. The van der Waals surface area contributed by atoms with Crippen LogP contribution in [0.2, 0.25) is 0 Å². The Kier molecular flexibility index (Phi) is 5.01. The van der Waals surface area contributed by atoms with E-state index in [0.717, 1.165) is 55.0 Å². The highest BCUT2D eigenvalue weighted by Crippen LogP contribution is 2.26. The molecule has 0 radical (unpaired) electrons. The zero-order chi connectivity index (χ0) is 15.4. The summed E-state index contributed by atoms with van der Waals surface area (Å²) in [5, 5.41) is 11.8. The van der Waals surface area contributed by atoms with Gasteiger partial charge in [0.1, 0.15) is 11.6 Å². The van der Waals surface area contributed by atoms with Gasteiger partial charge in [0.05, 0.1) is 12.8 Å². The molecule has 6 heteroatoms. The first-order chi connectivity index (χ1) is 10.1. The van der Waals surface area contributed by atoms with E-state index in [4.69, 9.17) is 15.7 Å². The van der Waals surface area contributed by atoms with Crippen molar-refractivity contribution in [3.63, 3.8) is 0 Å². The average molecular weight is 292 g/mol. The summed E-state index contributed by atoms with van der Waals surface area (Å²) in [5.74, 6) is 1.46. The Hall–Kier alpha value is -1.82. The van der Waals surface area contributed by atoms with Gasteiger partial charge in [-0.05, 0) is 39.8 Å². The Bertz CT molecular complexity index is 523. The van der Waals surface area contributed by atoms with Crippen molar-refractivity contribution in [1.29, 1.82) is 0 Å². The number of nitrogens with two attached hydrogens (primary N) is 1. The van der Waals surface area contributed by atoms with Gasteiger partial charge in [-0.1, -0.05) is 5.16 Å². The molecule has 0 unspecified atom stereocenters. The molecule has 1 aromatic rings. The third-order valence-electron chi connectivity index (χ3n) is 4.24. The van der Waals surface area contributed by atoms with Gasteiger partial charge in [-0.15, -0.1) is 0 Å². The van der Waals surface area contributed by atoms with Gasteiger partial charge in [-0.2, -0.15) is 0 Å². The summed E-state index contributed by atoms with van der Waals surface area (Å²) >= 11 is 0. The van der Waals surface area contributed by atoms with Crippen LogP contribution < -0.4 is 10.5 Å². The summed E-state index contributed by atoms with van der Waals surface area (Å²) in [6.45, 7) is 6.73. The molecular weight excluding hydrogens is 268 g/mol. The van der Waals surface area contributed by atoms with E-state index in [2.05, 4.69) is 22.0 Å². The molecule has 21 heavy (non-hydrogen) atoms. The summed E-state index contributed by atoms with van der Waals surface area (Å²) in [6.07, 6.45) is 3.69. The van der Waals surface area contributed by atoms with Crippen LogP contribution in [0.3, 0.4) is 0 Å². The van der Waals surface area contributed by atoms with Gasteiger partial charge in [0.2, 0.25) is 0 Å². The second kappa shape index (κ2) is 6.76. The monoisotopic (exact) mass is 292 g/mol. The van der Waals surface area contributed by atoms with Crippen LogP contribution in [-0.4, -0.2) is 41.1 Å². The van der Waals surface area contributed by atoms with Crippen LogP contribution in [0.5, 0.6) is 5.75 Å². The summed E-state index contributed by atoms with van der Waals surface area (Å²) in [4.78, 5) is 6.89. The number of oxime groups is 1. The number of pyridine rings is 1. The summed E-state index contributed by atoms with van der Waals surface area (Å²) in [5.41, 5.74) is 8.90. The Morgan fingerprint density at radius 1 is 1.48 bits per heavy atom. The van der Waals surface area contributed by atoms with Crippen molar-refractivity contribution in [2.75, 3.05) is 20.2 Å². The number of methoxy groups -OCH3 is 1. The van der Waals surface area contributed by atoms with Crippen LogP contribution in [-0.2, 0) is 6.54 Å². The van der Waals surface area contributed by atoms with Crippen molar-refractivity contribution in [2.45, 2.75) is 33.2 Å². The largest absolute Gasteiger partial charge is 0.496 e. The molecular formula is C15H24N4O2. The predicted molar refractivity (Wildman–Crippen MR) is 81.7 cm³/mol. The zero-order valence-corrected chi connectivity index (χ0v) is 13.0. The van der Waals surface area contributed by atoms with Crippen LogP contribution in [0.4, 0.5) is 0 Å². The molecule has 3 N–H and O–H groups in total. The van der Waals surface area contributed by atoms with Gasteiger partial charge in [0, 0.05) is 29.8 Å². The number of rotatable bonds is 4. The minimum atomic E-state index is 0.188. The van der Waals surface area contributed by atoms with Crippen LogP contribution in [0.1, 0.15) is 29.7 Å². The van der Waals surface area contributed by atoms with Crippen molar-refractivity contribution in [3.8, 4) is 5.75 Å². The van der Waals surface area contributed by atoms with E-state index in [-0.39, 0.29) is 5.92 Å². The molecule has 0 amide bonds. The summed E-state index contributed by atoms with van der Waals surface area (Å²) in [7, 11) is 1.70. The van der Waals surface area contributed by atoms with Crippen molar-refractivity contribution in [1.82, 2.24) is 9.88 Å². The molecule has 0 atom stereocenters. The normalized spacial score (nSPS) is 18.0. The van der Waals surface area contributed by atoms with Crippen molar-refractivity contribution < 1.29 is 9.94 Å². The lowest BCUT2D eigenvalue weighted by atomic mass is 9.95. The summed E-state index contributed by atoms with van der Waals surface area (Å²) in [6, 6.07) is 0. The Morgan fingerprint density at radius 2 is 2.14 bits per heavy atom. The second-order valence-electron chi connectivity index (χ2n) is 5.62. The van der Waals surface area contributed by atoms with E-state index >= 15 is 0 Å². The number of amidine groups is 1. The van der Waals surface area contributed by atoms with Crippen LogP contribution in [0.25, 0.3) is 0 Å². The Labute approximate surface area is 125 Å². The van der Waals surface area contributed by atoms with Gasteiger partial charge in [-0.3, -0.25) is 9.88 Å². The molecule has 6 nitrogen and oxygen atoms in total. The highest BCUT2D eigenvalue weighted by molar-refractivity contribution is 5.82. The summed E-state index contributed by atoms with van der Waals surface area (Å²) < 4.78 is 5.45. The van der Waals surface area contributed by atoms with E-state index in [1.807, 2.05) is 13.1 Å². The number of aromatic nitrogens is 1. The number of aryl methyl sites for hydroxylation is 1. The number of hydrogen-bond acceptors (Lipinski definition) is 5. The van der Waals surface area contributed by atoms with Crippen molar-refractivity contribution in [2.24, 2.45) is 16.8 Å². The Balaban J connectivity index is 2.01. The maximum absolute atomic E-state index is 8.73. The minimum Gasteiger partial charge on any atom is -0.496 e. The lowest BCUT2D eigenvalue weighted by molar-refractivity contribution is 0.196. The number of nitrogens with zero attached hydrogens (tertiary/aromatic N) is 3. The highest BCUT2D eigenvalue weighted by Gasteiger charge is 2.23. The molecule has 1 aliphatic rings. The number of likely N-dealkylation sites (tertiary alicyclic amines) is 1. The van der Waals surface area contributed by atoms with E-state index in [1.165, 1.54) is 0 Å². The lowest BCUT2D eigenvalue weighted by Gasteiger charge is -2.31. The maximum Gasteiger partial charge on any atom is 0.142 e. The quantitative estimate of drug-likeness (QED) is 0.382. The molecule has 0 aliphatic carbocycles. The van der Waals surface area contributed by atoms with E-state index in [9.17, 15) is 0 Å². The van der Waals surface area contributed by atoms with Crippen LogP contribution in [0, 0.1) is 19.8 Å². The molecule has 1 fully saturated rings. The molecule has 116 valence electrons. The third kappa shape index (κ3) is 3.44. The maximum atomic E-state index is 8.73. The standard InChI is InChI=1S/C15H24N4O2/c1-10-8-17-13(11(2)14(10)21-3)9-19-6-4-12(5-7-19)15(16)18-20/h8,12,20H,4-7,9H2,1-3H3,(H2,16,18). The fourth-order valence-electron chi connectivity index (χ4n) is 2.91. The SMILES string of the molecule is COc1c(C)cnc(CN2CCC(C(N)=NO)CC2)c1C. The molecule has 1 aliphatic heterocycles. The predicted octanol–water partition coefficient (Wildman–Crippen LogP) is 1.67. The van der Waals surface area contributed by atoms with Crippen LogP contribution in [0.15, 0.2) is 11.4 Å². The van der Waals surface area contributed by atoms with Crippen molar-refractivity contribution in [3.05, 3.63) is 23.0 Å². The third-order valence-corrected chi connectivity index (χ3v) is 4.24. The van der Waals surface area contributed by atoms with Gasteiger partial charge in [0.15, 0.2) is 0 Å². The first-order valence-electron chi connectivity index (χ1n) is 7.25. The lowest BCUT2D eigenvalue weighted by Crippen LogP contribution is -2.38. The number of ether oxygens (including phenoxy) is 1. The first kappa shape index (κ1) is 15.6. The van der Waals surface area contributed by atoms with Crippen molar-refractivity contribution >= 4 is 5.84 Å². The van der Waals surface area contributed by atoms with Crippen LogP contribution >= 0.6 is 0 Å². The molecule has 1 saturated heterocycles.